The van der Waals surface area contributed by atoms with E-state index >= 15 is 0 Å². The van der Waals surface area contributed by atoms with Crippen LogP contribution in [0.15, 0.2) is 18.2 Å². The molecular formula is C30H45N3O5. The molecule has 2 amide bonds. The van der Waals surface area contributed by atoms with E-state index < -0.39 is 24.0 Å². The number of fused-ring (bicyclic) bond motifs is 1. The predicted molar refractivity (Wildman–Crippen MR) is 146 cm³/mol. The van der Waals surface area contributed by atoms with E-state index in [9.17, 15) is 14.4 Å². The molecule has 0 spiro atoms. The molecule has 3 aliphatic heterocycles. The smallest absolute Gasteiger partial charge is 0.249 e. The summed E-state index contributed by atoms with van der Waals surface area (Å²) in [6, 6.07) is 5.71. The van der Waals surface area contributed by atoms with Gasteiger partial charge in [-0.2, -0.15) is 0 Å². The van der Waals surface area contributed by atoms with Crippen LogP contribution in [0.3, 0.4) is 0 Å². The van der Waals surface area contributed by atoms with Gasteiger partial charge in [-0.3, -0.25) is 14.4 Å². The SMILES string of the molecule is CCO[C@H]1CN(C(=O)[C@@H](CC(C)(C)C)c2cc(C3CCN(C(C)C)CC3)ccc2C(N)=O)[C@@H]2C(=O)CO[C@H]12. The number of ether oxygens (including phenoxy) is 2. The summed E-state index contributed by atoms with van der Waals surface area (Å²) in [5, 5.41) is 0. The Morgan fingerprint density at radius 2 is 1.87 bits per heavy atom. The number of carbonyl (C=O) groups is 3. The quantitative estimate of drug-likeness (QED) is 0.555. The second kappa shape index (κ2) is 11.4. The van der Waals surface area contributed by atoms with Gasteiger partial charge in [0.25, 0.3) is 0 Å². The van der Waals surface area contributed by atoms with Crippen molar-refractivity contribution in [2.75, 3.05) is 32.8 Å². The third-order valence-corrected chi connectivity index (χ3v) is 8.36. The number of carbonyl (C=O) groups excluding carboxylic acids is 3. The first kappa shape index (κ1) is 28.7. The number of rotatable bonds is 8. The Balaban J connectivity index is 1.70. The highest BCUT2D eigenvalue weighted by Crippen LogP contribution is 2.40. The van der Waals surface area contributed by atoms with E-state index in [0.29, 0.717) is 42.7 Å². The molecule has 8 heteroatoms. The van der Waals surface area contributed by atoms with Crippen LogP contribution in [0, 0.1) is 5.41 Å². The van der Waals surface area contributed by atoms with Gasteiger partial charge in [0, 0.05) is 18.2 Å². The lowest BCUT2D eigenvalue weighted by Crippen LogP contribution is -2.45. The van der Waals surface area contributed by atoms with E-state index in [1.165, 1.54) is 0 Å². The molecule has 3 fully saturated rings. The Bertz CT molecular complexity index is 1040. The molecule has 1 aromatic carbocycles. The molecule has 3 saturated heterocycles. The zero-order valence-corrected chi connectivity index (χ0v) is 23.9. The van der Waals surface area contributed by atoms with Crippen LogP contribution < -0.4 is 5.73 Å². The number of hydrogen-bond donors (Lipinski definition) is 1. The summed E-state index contributed by atoms with van der Waals surface area (Å²) in [5.41, 5.74) is 7.84. The summed E-state index contributed by atoms with van der Waals surface area (Å²) in [6.45, 7) is 15.4. The topological polar surface area (TPSA) is 102 Å². The zero-order valence-electron chi connectivity index (χ0n) is 23.9. The largest absolute Gasteiger partial charge is 0.374 e. The van der Waals surface area contributed by atoms with Crippen molar-refractivity contribution in [3.8, 4) is 0 Å². The monoisotopic (exact) mass is 527 g/mol. The van der Waals surface area contributed by atoms with Crippen LogP contribution >= 0.6 is 0 Å². The summed E-state index contributed by atoms with van der Waals surface area (Å²) in [7, 11) is 0. The second-order valence-corrected chi connectivity index (χ2v) is 12.6. The molecule has 38 heavy (non-hydrogen) atoms. The van der Waals surface area contributed by atoms with E-state index in [-0.39, 0.29) is 29.8 Å². The van der Waals surface area contributed by atoms with Crippen molar-refractivity contribution < 1.29 is 23.9 Å². The predicted octanol–water partition coefficient (Wildman–Crippen LogP) is 3.48. The number of ketones is 1. The lowest BCUT2D eigenvalue weighted by molar-refractivity contribution is -0.138. The van der Waals surface area contributed by atoms with Gasteiger partial charge < -0.3 is 25.0 Å². The molecule has 0 aliphatic carbocycles. The zero-order chi connectivity index (χ0) is 27.8. The molecule has 1 aromatic rings. The number of nitrogens with zero attached hydrogens (tertiary/aromatic N) is 2. The summed E-state index contributed by atoms with van der Waals surface area (Å²) in [4.78, 5) is 43.9. The van der Waals surface area contributed by atoms with Gasteiger partial charge in [-0.15, -0.1) is 0 Å². The first-order chi connectivity index (χ1) is 17.9. The maximum absolute atomic E-state index is 14.3. The number of hydrogen-bond acceptors (Lipinski definition) is 6. The molecule has 8 nitrogen and oxygen atoms in total. The number of piperidine rings is 1. The molecule has 3 aliphatic rings. The minimum absolute atomic E-state index is 0.0102. The molecule has 0 saturated carbocycles. The Kier molecular flexibility index (Phi) is 8.65. The van der Waals surface area contributed by atoms with E-state index in [1.54, 1.807) is 11.0 Å². The molecule has 0 radical (unpaired) electrons. The van der Waals surface area contributed by atoms with Crippen molar-refractivity contribution in [3.05, 3.63) is 34.9 Å². The van der Waals surface area contributed by atoms with Crippen LogP contribution in [0.2, 0.25) is 0 Å². The molecule has 2 N–H and O–H groups in total. The minimum Gasteiger partial charge on any atom is -0.374 e. The fourth-order valence-electron chi connectivity index (χ4n) is 6.44. The van der Waals surface area contributed by atoms with E-state index in [0.717, 1.165) is 31.5 Å². The Hall–Kier alpha value is -2.29. The maximum Gasteiger partial charge on any atom is 0.249 e. The van der Waals surface area contributed by atoms with Crippen molar-refractivity contribution >= 4 is 17.6 Å². The van der Waals surface area contributed by atoms with Crippen molar-refractivity contribution in [2.24, 2.45) is 11.1 Å². The fraction of sp³-hybridized carbons (Fsp3) is 0.700. The first-order valence-electron chi connectivity index (χ1n) is 14.1. The third-order valence-electron chi connectivity index (χ3n) is 8.36. The van der Waals surface area contributed by atoms with Crippen molar-refractivity contribution in [2.45, 2.75) is 96.9 Å². The van der Waals surface area contributed by atoms with Gasteiger partial charge in [0.1, 0.15) is 24.9 Å². The molecular weight excluding hydrogens is 482 g/mol. The molecule has 0 unspecified atom stereocenters. The molecule has 4 atom stereocenters. The lowest BCUT2D eigenvalue weighted by Gasteiger charge is -2.35. The number of primary amides is 1. The van der Waals surface area contributed by atoms with Gasteiger partial charge in [0.05, 0.1) is 12.5 Å². The van der Waals surface area contributed by atoms with E-state index in [1.807, 2.05) is 19.1 Å². The van der Waals surface area contributed by atoms with E-state index in [2.05, 4.69) is 39.5 Å². The average Bonchev–Trinajstić information content (AvgIpc) is 3.42. The maximum atomic E-state index is 14.3. The molecule has 0 aromatic heterocycles. The van der Waals surface area contributed by atoms with Crippen molar-refractivity contribution in [1.29, 1.82) is 0 Å². The van der Waals surface area contributed by atoms with Crippen LogP contribution in [0.1, 0.15) is 94.1 Å². The van der Waals surface area contributed by atoms with Crippen LogP contribution in [-0.2, 0) is 19.1 Å². The fourth-order valence-corrected chi connectivity index (χ4v) is 6.44. The van der Waals surface area contributed by atoms with Crippen LogP contribution in [0.4, 0.5) is 0 Å². The van der Waals surface area contributed by atoms with Gasteiger partial charge in [-0.05, 0) is 81.6 Å². The number of benzene rings is 1. The third kappa shape index (κ3) is 5.97. The Labute approximate surface area is 227 Å². The van der Waals surface area contributed by atoms with Gasteiger partial charge in [-0.1, -0.05) is 32.9 Å². The van der Waals surface area contributed by atoms with Crippen LogP contribution in [0.5, 0.6) is 0 Å². The number of amides is 2. The molecule has 0 bridgehead atoms. The Morgan fingerprint density at radius 1 is 1.18 bits per heavy atom. The highest BCUT2D eigenvalue weighted by Gasteiger charge is 2.54. The van der Waals surface area contributed by atoms with Gasteiger partial charge in [-0.25, -0.2) is 0 Å². The number of nitrogens with two attached hydrogens (primary N) is 1. The summed E-state index contributed by atoms with van der Waals surface area (Å²) >= 11 is 0. The van der Waals surface area contributed by atoms with Gasteiger partial charge >= 0.3 is 0 Å². The molecule has 4 rings (SSSR count). The highest BCUT2D eigenvalue weighted by molar-refractivity contribution is 5.99. The van der Waals surface area contributed by atoms with Gasteiger partial charge in [0.2, 0.25) is 11.8 Å². The number of likely N-dealkylation sites (tertiary alicyclic amines) is 2. The first-order valence-corrected chi connectivity index (χ1v) is 14.1. The standard InChI is InChI=1S/C30H45N3O5/c1-7-37-25-16-33(26-24(34)17-38-27(25)26)29(36)23(15-30(4,5)6)22-14-20(8-9-21(22)28(31)35)19-10-12-32(13-11-19)18(2)3/h8-9,14,18-19,23,25-27H,7,10-13,15-17H2,1-6H3,(H2,31,35)/t23-,25-,26+,27+/m0/s1. The van der Waals surface area contributed by atoms with Crippen LogP contribution in [0.25, 0.3) is 0 Å². The molecule has 210 valence electrons. The Morgan fingerprint density at radius 3 is 2.45 bits per heavy atom. The van der Waals surface area contributed by atoms with E-state index in [4.69, 9.17) is 15.2 Å². The second-order valence-electron chi connectivity index (χ2n) is 12.6. The minimum atomic E-state index is -0.651. The summed E-state index contributed by atoms with van der Waals surface area (Å²) in [6.07, 6.45) is 1.79. The normalized spacial score (nSPS) is 25.7. The molecule has 3 heterocycles. The number of Topliss-reactive ketones (excluding diaryl/α,β-unsaturated/α-hetero) is 1. The van der Waals surface area contributed by atoms with Crippen molar-refractivity contribution in [3.63, 3.8) is 0 Å². The average molecular weight is 528 g/mol. The summed E-state index contributed by atoms with van der Waals surface area (Å²) in [5.74, 6) is -1.05. The van der Waals surface area contributed by atoms with Crippen LogP contribution in [-0.4, -0.2) is 84.5 Å². The van der Waals surface area contributed by atoms with Gasteiger partial charge in [0.15, 0.2) is 5.78 Å². The highest BCUT2D eigenvalue weighted by atomic mass is 16.6. The summed E-state index contributed by atoms with van der Waals surface area (Å²) < 4.78 is 11.6. The van der Waals surface area contributed by atoms with Crippen molar-refractivity contribution in [1.82, 2.24) is 9.80 Å². The lowest BCUT2D eigenvalue weighted by atomic mass is 9.77.